The summed E-state index contributed by atoms with van der Waals surface area (Å²) in [5, 5.41) is 5.01. The maximum Gasteiger partial charge on any atom is 0.427 e. The van der Waals surface area contributed by atoms with E-state index in [0.29, 0.717) is 59.3 Å². The van der Waals surface area contributed by atoms with Gasteiger partial charge < -0.3 is 34.5 Å². The number of hydrogen-bond donors (Lipinski definition) is 3. The van der Waals surface area contributed by atoms with Gasteiger partial charge in [-0.3, -0.25) is 24.1 Å². The first-order valence-electron chi connectivity index (χ1n) is 24.7. The second-order valence-corrected chi connectivity index (χ2v) is 19.8. The number of methoxy groups -OCH3 is 1. The minimum Gasteiger partial charge on any atom is -0.497 e. The molecule has 4 heterocycles. The fraction of sp³-hybridized carbons (Fsp3) is 0.565. The van der Waals surface area contributed by atoms with Crippen molar-refractivity contribution in [2.45, 2.75) is 133 Å². The van der Waals surface area contributed by atoms with Crippen LogP contribution in [0.1, 0.15) is 94.6 Å². The van der Waals surface area contributed by atoms with Gasteiger partial charge in [0, 0.05) is 25.9 Å². The Labute approximate surface area is 390 Å². The number of aromatic nitrogens is 2. The maximum absolute atomic E-state index is 15.2. The lowest BCUT2D eigenvalue weighted by Crippen LogP contribution is -2.59. The average Bonchev–Trinajstić information content (AvgIpc) is 4.21. The zero-order valence-corrected chi connectivity index (χ0v) is 37.8. The first-order valence-corrected chi connectivity index (χ1v) is 23.2. The number of carbonyl (C=O) groups excluding carboxylic acids is 4. The van der Waals surface area contributed by atoms with Crippen molar-refractivity contribution in [3.05, 3.63) is 54.7 Å². The van der Waals surface area contributed by atoms with Crippen molar-refractivity contribution in [3.8, 4) is 28.8 Å². The van der Waals surface area contributed by atoms with Gasteiger partial charge in [-0.15, -0.1) is 0 Å². The Bertz CT molecular complexity index is 2670. The van der Waals surface area contributed by atoms with Crippen LogP contribution in [-0.2, 0) is 29.1 Å². The molecule has 2 aliphatic heterocycles. The van der Waals surface area contributed by atoms with E-state index >= 15 is 4.79 Å². The van der Waals surface area contributed by atoms with Gasteiger partial charge in [0.1, 0.15) is 35.2 Å². The Morgan fingerprint density at radius 1 is 1.03 bits per heavy atom. The third-order valence-corrected chi connectivity index (χ3v) is 14.0. The minimum atomic E-state index is -6.17. The summed E-state index contributed by atoms with van der Waals surface area (Å²) in [5.41, 5.74) is -6.08. The van der Waals surface area contributed by atoms with Crippen LogP contribution in [0.5, 0.6) is 17.4 Å². The summed E-state index contributed by atoms with van der Waals surface area (Å²) in [5.74, 6) is -3.95. The third kappa shape index (κ3) is 10.6. The molecule has 2 aromatic heterocycles. The number of ether oxygens (including phenoxy) is 4. The second kappa shape index (κ2) is 18.6. The van der Waals surface area contributed by atoms with E-state index < -0.39 is 107 Å². The van der Waals surface area contributed by atoms with Crippen molar-refractivity contribution in [2.75, 3.05) is 13.7 Å². The predicted octanol–water partition coefficient (Wildman–Crippen LogP) is 6.37. The molecule has 3 fully saturated rings. The number of rotatable bonds is 11. The van der Waals surface area contributed by atoms with Crippen LogP contribution >= 0.6 is 0 Å². The number of sulfonamides is 1. The minimum absolute atomic E-state index is 0.0107. The van der Waals surface area contributed by atoms with Gasteiger partial charge in [0.25, 0.3) is 5.91 Å². The maximum atomic E-state index is 15.2. The number of nitrogens with one attached hydrogen (secondary N) is 3. The summed E-state index contributed by atoms with van der Waals surface area (Å²) in [4.78, 5) is 68.0. The number of pyridine rings is 2. The number of allylic oxidation sites excluding steroid dienone is 1. The summed E-state index contributed by atoms with van der Waals surface area (Å²) in [6.07, 6.45) is -3.35. The van der Waals surface area contributed by atoms with E-state index in [0.717, 1.165) is 4.90 Å². The Balaban J connectivity index is 1.29. The highest BCUT2D eigenvalue weighted by Gasteiger charge is 2.62. The lowest BCUT2D eigenvalue weighted by atomic mass is 9.88. The Kier molecular flexibility index (Phi) is 11.4. The predicted molar refractivity (Wildman–Crippen MR) is 236 cm³/mol. The molecule has 7 atom stereocenters. The van der Waals surface area contributed by atoms with Crippen molar-refractivity contribution in [1.29, 1.82) is 0 Å². The van der Waals surface area contributed by atoms with E-state index in [1.165, 1.54) is 20.2 Å². The number of carbonyl (C=O) groups is 4. The van der Waals surface area contributed by atoms with E-state index in [9.17, 15) is 36.0 Å². The highest BCUT2D eigenvalue weighted by molar-refractivity contribution is 7.91. The molecule has 2 aliphatic carbocycles. The third-order valence-electron chi connectivity index (χ3n) is 12.2. The van der Waals surface area contributed by atoms with Crippen LogP contribution in [0, 0.1) is 17.8 Å². The van der Waals surface area contributed by atoms with Crippen LogP contribution < -0.4 is 29.6 Å². The SMILES string of the molecule is [2H]C([2H])([2H])C(OC(=O)N[C@@H]1C(=O)N2C[C@H](Oc3nc(-c4ccc(OC(C)C)cn4)cc4cc(OC)ccc34)C[C@H]2C(=O)N[C@]2(C(=O)NS(=O)(=O)C3CC3)C[C@H]2/C=C\CC[C@@H](C)C[C@H]1C)(C([2H])([2H])[2H])C(F)(F)F. The van der Waals surface area contributed by atoms with E-state index in [1.807, 2.05) is 19.2 Å². The zero-order valence-electron chi connectivity index (χ0n) is 42.9. The molecule has 20 heteroatoms. The van der Waals surface area contributed by atoms with Crippen molar-refractivity contribution < 1.29 is 67.9 Å². The molecule has 4 amide bonds. The van der Waals surface area contributed by atoms with E-state index in [-0.39, 0.29) is 37.2 Å². The normalized spacial score (nSPS) is 28.5. The van der Waals surface area contributed by atoms with Gasteiger partial charge in [-0.1, -0.05) is 26.0 Å². The zero-order chi connectivity index (χ0) is 52.9. The fourth-order valence-corrected chi connectivity index (χ4v) is 9.80. The van der Waals surface area contributed by atoms with Crippen molar-refractivity contribution in [2.24, 2.45) is 17.8 Å². The van der Waals surface area contributed by atoms with Gasteiger partial charge in [0.2, 0.25) is 33.3 Å². The molecule has 66 heavy (non-hydrogen) atoms. The standard InChI is InChI=1S/C46H57F3N6O10S/c1-25(2)63-31-13-17-35(50-23-31)36-20-28-19-30(62-7)12-16-34(28)40(51-36)64-32-21-37-39(56)53-45(42(58)54-66(60,61)33-14-15-33)22-29(45)11-9-8-10-26(3)18-27(4)38(41(57)55(37)24-32)52-43(59)65-44(5,6)46(47,48)49/h9,11-13,16-17,19-20,23,25-27,29,32-33,37-38H,8,10,14-15,18,21-22,24H2,1-7H3,(H,52,59)(H,53,56)(H,54,58)/b11-9-/t26-,27-,29-,32-,37+,38+,45-/m1/s1/i5D3,6D3. The van der Waals surface area contributed by atoms with Gasteiger partial charge in [-0.2, -0.15) is 13.2 Å². The Hall–Kier alpha value is -5.66. The van der Waals surface area contributed by atoms with Gasteiger partial charge in [0.15, 0.2) is 0 Å². The first-order chi connectivity index (χ1) is 33.5. The molecule has 358 valence electrons. The number of fused-ring (bicyclic) bond motifs is 3. The van der Waals surface area contributed by atoms with Gasteiger partial charge in [-0.25, -0.2) is 18.2 Å². The number of hydrogen-bond acceptors (Lipinski definition) is 12. The van der Waals surface area contributed by atoms with Gasteiger partial charge in [-0.05, 0) is 120 Å². The molecule has 1 aromatic carbocycles. The molecule has 7 rings (SSSR count). The molecule has 0 spiro atoms. The Morgan fingerprint density at radius 2 is 1.77 bits per heavy atom. The molecule has 3 aromatic rings. The van der Waals surface area contributed by atoms with Crippen LogP contribution in [0.4, 0.5) is 18.0 Å². The van der Waals surface area contributed by atoms with Crippen LogP contribution in [0.3, 0.4) is 0 Å². The first kappa shape index (κ1) is 40.6. The monoisotopic (exact) mass is 948 g/mol. The number of alkyl carbamates (subject to hydrolysis) is 1. The number of halogens is 3. The molecule has 4 aliphatic rings. The molecule has 0 unspecified atom stereocenters. The largest absolute Gasteiger partial charge is 0.497 e. The highest BCUT2D eigenvalue weighted by atomic mass is 32.2. The molecule has 16 nitrogen and oxygen atoms in total. The van der Waals surface area contributed by atoms with Crippen molar-refractivity contribution in [3.63, 3.8) is 0 Å². The second-order valence-electron chi connectivity index (χ2n) is 17.9. The average molecular weight is 949 g/mol. The lowest BCUT2D eigenvalue weighted by molar-refractivity contribution is -0.244. The van der Waals surface area contributed by atoms with E-state index in [4.69, 9.17) is 27.4 Å². The molecule has 0 radical (unpaired) electrons. The topological polar surface area (TPSA) is 204 Å². The summed E-state index contributed by atoms with van der Waals surface area (Å²) >= 11 is 0. The summed E-state index contributed by atoms with van der Waals surface area (Å²) in [6, 6.07) is 6.72. The van der Waals surface area contributed by atoms with E-state index in [1.54, 1.807) is 55.5 Å². The van der Waals surface area contributed by atoms with Crippen LogP contribution in [-0.4, -0.2) is 108 Å². The summed E-state index contributed by atoms with van der Waals surface area (Å²) < 4.78 is 140. The van der Waals surface area contributed by atoms with E-state index in [2.05, 4.69) is 19.8 Å². The molecule has 0 bridgehead atoms. The van der Waals surface area contributed by atoms with Gasteiger partial charge in [0.05, 0.1) is 42.6 Å². The molecular formula is C46H57F3N6O10S. The number of alkyl halides is 3. The summed E-state index contributed by atoms with van der Waals surface area (Å²) in [7, 11) is -2.62. The van der Waals surface area contributed by atoms with Gasteiger partial charge >= 0.3 is 12.3 Å². The highest BCUT2D eigenvalue weighted by Crippen LogP contribution is 2.46. The number of amides is 4. The quantitative estimate of drug-likeness (QED) is 0.180. The van der Waals surface area contributed by atoms with Crippen molar-refractivity contribution in [1.82, 2.24) is 30.2 Å². The number of benzene rings is 1. The van der Waals surface area contributed by atoms with Crippen LogP contribution in [0.15, 0.2) is 54.7 Å². The van der Waals surface area contributed by atoms with Crippen LogP contribution in [0.2, 0.25) is 0 Å². The van der Waals surface area contributed by atoms with Crippen molar-refractivity contribution >= 4 is 44.6 Å². The number of nitrogens with zero attached hydrogens (tertiary/aromatic N) is 3. The Morgan fingerprint density at radius 3 is 2.42 bits per heavy atom. The fourth-order valence-electron chi connectivity index (χ4n) is 8.43. The summed E-state index contributed by atoms with van der Waals surface area (Å²) in [6.45, 7) is -2.42. The lowest BCUT2D eigenvalue weighted by Gasteiger charge is -2.34. The molecular weight excluding hydrogens is 886 g/mol. The molecule has 3 N–H and O–H groups in total. The smallest absolute Gasteiger partial charge is 0.427 e. The van der Waals surface area contributed by atoms with Crippen LogP contribution in [0.25, 0.3) is 22.2 Å². The molecule has 2 saturated carbocycles. The molecule has 1 saturated heterocycles.